The van der Waals surface area contributed by atoms with Crippen molar-refractivity contribution < 1.29 is 0 Å². The summed E-state index contributed by atoms with van der Waals surface area (Å²) in [6.45, 7) is 0.695. The van der Waals surface area contributed by atoms with Gasteiger partial charge < -0.3 is 5.32 Å². The molecule has 1 aliphatic heterocycles. The van der Waals surface area contributed by atoms with Crippen molar-refractivity contribution >= 4 is 29.3 Å². The second kappa shape index (κ2) is 2.47. The Bertz CT molecular complexity index is 309. The highest BCUT2D eigenvalue weighted by Gasteiger charge is 2.09. The van der Waals surface area contributed by atoms with Crippen molar-refractivity contribution in [1.29, 1.82) is 0 Å². The molecule has 0 fully saturated rings. The number of fused-ring (bicyclic) bond motifs is 1. The number of hydrogen-bond donors (Lipinski definition) is 1. The number of aromatic nitrogens is 2. The number of nitrogens with one attached hydrogen (secondary N) is 1. The molecule has 0 aliphatic carbocycles. The van der Waals surface area contributed by atoms with Crippen molar-refractivity contribution in [3.05, 3.63) is 11.5 Å². The van der Waals surface area contributed by atoms with Gasteiger partial charge in [0.1, 0.15) is 12.0 Å². The number of anilines is 1. The summed E-state index contributed by atoms with van der Waals surface area (Å²) in [6.07, 6.45) is 3.15. The standard InChI is InChI=1S/C6H5ClN4/c7-5-4-6(11-3-10-5)9-2-1-8-4/h1,3H,2H2,(H,9,10,11). The summed E-state index contributed by atoms with van der Waals surface area (Å²) in [6, 6.07) is 0. The fraction of sp³-hybridized carbons (Fsp3) is 0.167. The van der Waals surface area contributed by atoms with Crippen LogP contribution in [0.5, 0.6) is 0 Å². The summed E-state index contributed by atoms with van der Waals surface area (Å²) in [4.78, 5) is 11.8. The Morgan fingerprint density at radius 3 is 3.18 bits per heavy atom. The lowest BCUT2D eigenvalue weighted by Crippen LogP contribution is -2.08. The summed E-state index contributed by atoms with van der Waals surface area (Å²) >= 11 is 5.74. The van der Waals surface area contributed by atoms with E-state index in [1.54, 1.807) is 6.21 Å². The van der Waals surface area contributed by atoms with Crippen LogP contribution in [0.25, 0.3) is 0 Å². The van der Waals surface area contributed by atoms with Gasteiger partial charge in [-0.25, -0.2) is 9.97 Å². The molecular formula is C6H5ClN4. The highest BCUT2D eigenvalue weighted by molar-refractivity contribution is 6.32. The van der Waals surface area contributed by atoms with Crippen LogP contribution in [0.2, 0.25) is 5.15 Å². The average molecular weight is 169 g/mol. The van der Waals surface area contributed by atoms with Crippen LogP contribution in [0.15, 0.2) is 11.3 Å². The summed E-state index contributed by atoms with van der Waals surface area (Å²) in [5, 5.41) is 3.41. The maximum absolute atomic E-state index is 5.74. The van der Waals surface area contributed by atoms with E-state index in [2.05, 4.69) is 20.3 Å². The molecule has 5 heteroatoms. The van der Waals surface area contributed by atoms with Gasteiger partial charge in [0.05, 0.1) is 6.54 Å². The lowest BCUT2D eigenvalue weighted by Gasteiger charge is -2.09. The third-order valence-electron chi connectivity index (χ3n) is 1.36. The SMILES string of the molecule is Clc1ncnc2c1N=CCN2. The van der Waals surface area contributed by atoms with Crippen LogP contribution in [-0.2, 0) is 0 Å². The van der Waals surface area contributed by atoms with Crippen LogP contribution >= 0.6 is 11.6 Å². The van der Waals surface area contributed by atoms with E-state index in [0.717, 1.165) is 0 Å². The Kier molecular flexibility index (Phi) is 1.47. The van der Waals surface area contributed by atoms with E-state index in [9.17, 15) is 0 Å². The lowest BCUT2D eigenvalue weighted by atomic mass is 10.4. The molecule has 11 heavy (non-hydrogen) atoms. The van der Waals surface area contributed by atoms with Gasteiger partial charge in [0, 0.05) is 6.21 Å². The molecule has 0 radical (unpaired) electrons. The van der Waals surface area contributed by atoms with Gasteiger partial charge in [-0.1, -0.05) is 11.6 Å². The first-order valence-electron chi connectivity index (χ1n) is 3.15. The molecule has 2 rings (SSSR count). The van der Waals surface area contributed by atoms with Crippen molar-refractivity contribution in [2.45, 2.75) is 0 Å². The van der Waals surface area contributed by atoms with Crippen LogP contribution in [0, 0.1) is 0 Å². The van der Waals surface area contributed by atoms with Gasteiger partial charge >= 0.3 is 0 Å². The third kappa shape index (κ3) is 1.05. The first-order chi connectivity index (χ1) is 5.38. The van der Waals surface area contributed by atoms with Gasteiger partial charge in [-0.3, -0.25) is 4.99 Å². The second-order valence-electron chi connectivity index (χ2n) is 2.05. The first kappa shape index (κ1) is 6.54. The zero-order chi connectivity index (χ0) is 7.68. The molecular weight excluding hydrogens is 164 g/mol. The fourth-order valence-electron chi connectivity index (χ4n) is 0.880. The molecule has 4 nitrogen and oxygen atoms in total. The predicted molar refractivity (Wildman–Crippen MR) is 43.7 cm³/mol. The van der Waals surface area contributed by atoms with Gasteiger partial charge in [-0.15, -0.1) is 0 Å². The summed E-state index contributed by atoms with van der Waals surface area (Å²) in [7, 11) is 0. The molecule has 0 atom stereocenters. The molecule has 0 saturated heterocycles. The van der Waals surface area contributed by atoms with E-state index in [4.69, 9.17) is 11.6 Å². The van der Waals surface area contributed by atoms with E-state index in [1.165, 1.54) is 6.33 Å². The number of rotatable bonds is 0. The minimum atomic E-state index is 0.387. The smallest absolute Gasteiger partial charge is 0.160 e. The second-order valence-corrected chi connectivity index (χ2v) is 2.41. The van der Waals surface area contributed by atoms with Crippen molar-refractivity contribution in [3.8, 4) is 0 Å². The number of aliphatic imine (C=N–C) groups is 1. The van der Waals surface area contributed by atoms with E-state index >= 15 is 0 Å². The van der Waals surface area contributed by atoms with Crippen molar-refractivity contribution in [1.82, 2.24) is 9.97 Å². The molecule has 1 aromatic rings. The third-order valence-corrected chi connectivity index (χ3v) is 1.64. The van der Waals surface area contributed by atoms with E-state index in [1.807, 2.05) is 0 Å². The van der Waals surface area contributed by atoms with Gasteiger partial charge in [0.2, 0.25) is 0 Å². The molecule has 1 aromatic heterocycles. The van der Waals surface area contributed by atoms with E-state index in [0.29, 0.717) is 23.2 Å². The average Bonchev–Trinajstić information content (AvgIpc) is 2.06. The highest BCUT2D eigenvalue weighted by Crippen LogP contribution is 2.29. The van der Waals surface area contributed by atoms with Gasteiger partial charge in [-0.2, -0.15) is 0 Å². The molecule has 1 aliphatic rings. The van der Waals surface area contributed by atoms with Crippen LogP contribution < -0.4 is 5.32 Å². The Morgan fingerprint density at radius 2 is 2.36 bits per heavy atom. The zero-order valence-corrected chi connectivity index (χ0v) is 6.34. The van der Waals surface area contributed by atoms with Crippen molar-refractivity contribution in [2.75, 3.05) is 11.9 Å². The molecule has 0 unspecified atom stereocenters. The first-order valence-corrected chi connectivity index (χ1v) is 3.52. The number of halogens is 1. The van der Waals surface area contributed by atoms with Gasteiger partial charge in [0.15, 0.2) is 11.0 Å². The minimum Gasteiger partial charge on any atom is -0.363 e. The van der Waals surface area contributed by atoms with Crippen molar-refractivity contribution in [2.24, 2.45) is 4.99 Å². The Balaban J connectivity index is 2.60. The summed E-state index contributed by atoms with van der Waals surface area (Å²) < 4.78 is 0. The Labute approximate surface area is 68.3 Å². The van der Waals surface area contributed by atoms with Crippen molar-refractivity contribution in [3.63, 3.8) is 0 Å². The molecule has 0 aromatic carbocycles. The van der Waals surface area contributed by atoms with Crippen LogP contribution in [-0.4, -0.2) is 22.7 Å². The Hall–Kier alpha value is -1.16. The quantitative estimate of drug-likeness (QED) is 0.594. The normalized spacial score (nSPS) is 13.9. The molecule has 2 heterocycles. The Morgan fingerprint density at radius 1 is 1.45 bits per heavy atom. The molecule has 0 saturated carbocycles. The maximum atomic E-state index is 5.74. The lowest BCUT2D eigenvalue weighted by molar-refractivity contribution is 1.13. The molecule has 1 N–H and O–H groups in total. The van der Waals surface area contributed by atoms with Gasteiger partial charge in [-0.05, 0) is 0 Å². The molecule has 0 amide bonds. The minimum absolute atomic E-state index is 0.387. The molecule has 56 valence electrons. The molecule has 0 bridgehead atoms. The van der Waals surface area contributed by atoms with Crippen LogP contribution in [0.1, 0.15) is 0 Å². The topological polar surface area (TPSA) is 50.2 Å². The summed E-state index contributed by atoms with van der Waals surface area (Å²) in [5.74, 6) is 0.701. The maximum Gasteiger partial charge on any atom is 0.160 e. The van der Waals surface area contributed by atoms with Crippen LogP contribution in [0.3, 0.4) is 0 Å². The number of nitrogens with zero attached hydrogens (tertiary/aromatic N) is 3. The largest absolute Gasteiger partial charge is 0.363 e. The fourth-order valence-corrected chi connectivity index (χ4v) is 1.06. The van der Waals surface area contributed by atoms with Crippen LogP contribution in [0.4, 0.5) is 11.5 Å². The molecule has 0 spiro atoms. The monoisotopic (exact) mass is 168 g/mol. The predicted octanol–water partition coefficient (Wildman–Crippen LogP) is 1.26. The van der Waals surface area contributed by atoms with E-state index in [-0.39, 0.29) is 0 Å². The number of hydrogen-bond acceptors (Lipinski definition) is 4. The zero-order valence-electron chi connectivity index (χ0n) is 5.58. The highest BCUT2D eigenvalue weighted by atomic mass is 35.5. The summed E-state index contributed by atoms with van der Waals surface area (Å²) in [5.41, 5.74) is 0.625. The van der Waals surface area contributed by atoms with E-state index < -0.39 is 0 Å². The van der Waals surface area contributed by atoms with Gasteiger partial charge in [0.25, 0.3) is 0 Å².